The third-order valence-electron chi connectivity index (χ3n) is 3.39. The van der Waals surface area contributed by atoms with Gasteiger partial charge in [0, 0.05) is 24.8 Å². The molecule has 21 heavy (non-hydrogen) atoms. The fourth-order valence-corrected chi connectivity index (χ4v) is 2.39. The summed E-state index contributed by atoms with van der Waals surface area (Å²) >= 11 is 0. The van der Waals surface area contributed by atoms with E-state index in [1.807, 2.05) is 0 Å². The minimum atomic E-state index is -1.04. The summed E-state index contributed by atoms with van der Waals surface area (Å²) in [6, 6.07) is 6.61. The van der Waals surface area contributed by atoms with Gasteiger partial charge >= 0.3 is 12.0 Å². The molecule has 1 aromatic carbocycles. The number of anilines is 1. The first-order valence-electron chi connectivity index (χ1n) is 7.05. The van der Waals surface area contributed by atoms with Crippen LogP contribution >= 0.6 is 0 Å². The molecule has 6 heteroatoms. The van der Waals surface area contributed by atoms with E-state index in [-0.39, 0.29) is 6.03 Å². The van der Waals surface area contributed by atoms with Gasteiger partial charge in [-0.3, -0.25) is 0 Å². The zero-order valence-electron chi connectivity index (χ0n) is 12.0. The van der Waals surface area contributed by atoms with Crippen LogP contribution in [-0.2, 0) is 4.79 Å². The van der Waals surface area contributed by atoms with Crippen LogP contribution in [0.15, 0.2) is 24.3 Å². The fraction of sp³-hybridized carbons (Fsp3) is 0.467. The van der Waals surface area contributed by atoms with Crippen molar-refractivity contribution in [2.24, 2.45) is 5.92 Å². The Morgan fingerprint density at radius 2 is 2.29 bits per heavy atom. The monoisotopic (exact) mass is 292 g/mol. The molecule has 1 heterocycles. The van der Waals surface area contributed by atoms with Crippen molar-refractivity contribution in [2.45, 2.75) is 19.8 Å². The molecular formula is C15H20N2O4. The molecule has 2 rings (SSSR count). The van der Waals surface area contributed by atoms with Crippen molar-refractivity contribution in [3.8, 4) is 5.75 Å². The highest BCUT2D eigenvalue weighted by atomic mass is 16.5. The largest absolute Gasteiger partial charge is 0.482 e. The number of likely N-dealkylation sites (tertiary alicyclic amines) is 1. The maximum Gasteiger partial charge on any atom is 0.341 e. The van der Waals surface area contributed by atoms with E-state index in [2.05, 4.69) is 12.2 Å². The summed E-state index contributed by atoms with van der Waals surface area (Å²) in [5, 5.41) is 11.4. The first kappa shape index (κ1) is 15.2. The smallest absolute Gasteiger partial charge is 0.341 e. The first-order valence-corrected chi connectivity index (χ1v) is 7.05. The standard InChI is InChI=1S/C15H20N2O4/c1-11-4-3-7-17(9-11)15(20)16-12-5-2-6-13(8-12)21-10-14(18)19/h2,5-6,8,11H,3-4,7,9-10H2,1H3,(H,16,20)(H,18,19). The minimum Gasteiger partial charge on any atom is -0.482 e. The molecule has 2 amide bonds. The van der Waals surface area contributed by atoms with E-state index in [1.54, 1.807) is 29.2 Å². The van der Waals surface area contributed by atoms with E-state index in [0.717, 1.165) is 25.9 Å². The Morgan fingerprint density at radius 1 is 1.48 bits per heavy atom. The zero-order valence-corrected chi connectivity index (χ0v) is 12.0. The number of piperidine rings is 1. The molecule has 2 N–H and O–H groups in total. The van der Waals surface area contributed by atoms with Gasteiger partial charge in [0.25, 0.3) is 0 Å². The van der Waals surface area contributed by atoms with Crippen LogP contribution in [0.5, 0.6) is 5.75 Å². The number of hydrogen-bond acceptors (Lipinski definition) is 3. The lowest BCUT2D eigenvalue weighted by Crippen LogP contribution is -2.41. The Kier molecular flexibility index (Phi) is 5.03. The quantitative estimate of drug-likeness (QED) is 0.893. The maximum absolute atomic E-state index is 12.2. The Hall–Kier alpha value is -2.24. The van der Waals surface area contributed by atoms with E-state index in [1.165, 1.54) is 0 Å². The van der Waals surface area contributed by atoms with Crippen LogP contribution in [0.1, 0.15) is 19.8 Å². The summed E-state index contributed by atoms with van der Waals surface area (Å²) in [7, 11) is 0. The number of nitrogens with zero attached hydrogens (tertiary/aromatic N) is 1. The Bertz CT molecular complexity index is 518. The topological polar surface area (TPSA) is 78.9 Å². The zero-order chi connectivity index (χ0) is 15.2. The van der Waals surface area contributed by atoms with Crippen molar-refractivity contribution >= 4 is 17.7 Å². The van der Waals surface area contributed by atoms with Gasteiger partial charge in [-0.2, -0.15) is 0 Å². The molecule has 1 aliphatic rings. The number of aliphatic carboxylic acids is 1. The van der Waals surface area contributed by atoms with Gasteiger partial charge in [-0.05, 0) is 30.9 Å². The summed E-state index contributed by atoms with van der Waals surface area (Å²) in [6.07, 6.45) is 2.18. The summed E-state index contributed by atoms with van der Waals surface area (Å²) in [5.74, 6) is -0.0938. The molecule has 0 aromatic heterocycles. The van der Waals surface area contributed by atoms with E-state index in [0.29, 0.717) is 17.4 Å². The average Bonchev–Trinajstić information content (AvgIpc) is 2.45. The number of carboxylic acids is 1. The Labute approximate surface area is 123 Å². The average molecular weight is 292 g/mol. The second-order valence-corrected chi connectivity index (χ2v) is 5.33. The number of ether oxygens (including phenoxy) is 1. The highest BCUT2D eigenvalue weighted by Gasteiger charge is 2.20. The van der Waals surface area contributed by atoms with Crippen LogP contribution in [0.3, 0.4) is 0 Å². The van der Waals surface area contributed by atoms with Crippen LogP contribution in [0.2, 0.25) is 0 Å². The van der Waals surface area contributed by atoms with Gasteiger partial charge < -0.3 is 20.1 Å². The lowest BCUT2D eigenvalue weighted by molar-refractivity contribution is -0.139. The third-order valence-corrected chi connectivity index (χ3v) is 3.39. The van der Waals surface area contributed by atoms with Crippen LogP contribution in [-0.4, -0.2) is 41.7 Å². The van der Waals surface area contributed by atoms with Crippen LogP contribution in [0, 0.1) is 5.92 Å². The molecule has 1 aliphatic heterocycles. The highest BCUT2D eigenvalue weighted by molar-refractivity contribution is 5.89. The highest BCUT2D eigenvalue weighted by Crippen LogP contribution is 2.20. The molecule has 0 bridgehead atoms. The summed E-state index contributed by atoms with van der Waals surface area (Å²) in [6.45, 7) is 3.27. The third kappa shape index (κ3) is 4.66. The van der Waals surface area contributed by atoms with E-state index >= 15 is 0 Å². The number of hydrogen-bond donors (Lipinski definition) is 2. The number of nitrogens with one attached hydrogen (secondary N) is 1. The van der Waals surface area contributed by atoms with Crippen LogP contribution in [0.25, 0.3) is 0 Å². The van der Waals surface area contributed by atoms with Crippen LogP contribution < -0.4 is 10.1 Å². The second-order valence-electron chi connectivity index (χ2n) is 5.33. The van der Waals surface area contributed by atoms with Crippen molar-refractivity contribution in [1.82, 2.24) is 4.90 Å². The molecule has 1 aromatic rings. The Morgan fingerprint density at radius 3 is 3.00 bits per heavy atom. The summed E-state index contributed by atoms with van der Waals surface area (Å²) < 4.78 is 5.09. The van der Waals surface area contributed by atoms with Crippen molar-refractivity contribution < 1.29 is 19.4 Å². The molecule has 1 saturated heterocycles. The Balaban J connectivity index is 1.94. The number of carboxylic acid groups (broad SMARTS) is 1. The molecule has 6 nitrogen and oxygen atoms in total. The fourth-order valence-electron chi connectivity index (χ4n) is 2.39. The molecular weight excluding hydrogens is 272 g/mol. The van der Waals surface area contributed by atoms with Gasteiger partial charge in [0.05, 0.1) is 0 Å². The molecule has 0 spiro atoms. The minimum absolute atomic E-state index is 0.128. The number of benzene rings is 1. The van der Waals surface area contributed by atoms with Gasteiger partial charge in [-0.1, -0.05) is 13.0 Å². The first-order chi connectivity index (χ1) is 10.0. The lowest BCUT2D eigenvalue weighted by atomic mass is 10.0. The molecule has 114 valence electrons. The number of amides is 2. The molecule has 1 atom stereocenters. The SMILES string of the molecule is CC1CCCN(C(=O)Nc2cccc(OCC(=O)O)c2)C1. The van der Waals surface area contributed by atoms with Crippen LogP contribution in [0.4, 0.5) is 10.5 Å². The maximum atomic E-state index is 12.2. The lowest BCUT2D eigenvalue weighted by Gasteiger charge is -2.30. The van der Waals surface area contributed by atoms with Crippen molar-refractivity contribution in [3.63, 3.8) is 0 Å². The molecule has 1 unspecified atom stereocenters. The summed E-state index contributed by atoms with van der Waals surface area (Å²) in [5.41, 5.74) is 0.598. The predicted octanol–water partition coefficient (Wildman–Crippen LogP) is 2.41. The van der Waals surface area contributed by atoms with E-state index in [4.69, 9.17) is 9.84 Å². The van der Waals surface area contributed by atoms with Gasteiger partial charge in [0.2, 0.25) is 0 Å². The van der Waals surface area contributed by atoms with Crippen molar-refractivity contribution in [3.05, 3.63) is 24.3 Å². The number of carbonyl (C=O) groups excluding carboxylic acids is 1. The molecule has 0 saturated carbocycles. The van der Waals surface area contributed by atoms with E-state index < -0.39 is 12.6 Å². The molecule has 1 fully saturated rings. The van der Waals surface area contributed by atoms with Gasteiger partial charge in [0.1, 0.15) is 5.75 Å². The van der Waals surface area contributed by atoms with E-state index in [9.17, 15) is 9.59 Å². The van der Waals surface area contributed by atoms with Gasteiger partial charge in [-0.15, -0.1) is 0 Å². The summed E-state index contributed by atoms with van der Waals surface area (Å²) in [4.78, 5) is 24.4. The number of rotatable bonds is 4. The normalized spacial score (nSPS) is 18.1. The second kappa shape index (κ2) is 6.97. The predicted molar refractivity (Wildman–Crippen MR) is 78.6 cm³/mol. The molecule has 0 aliphatic carbocycles. The van der Waals surface area contributed by atoms with Crippen molar-refractivity contribution in [2.75, 3.05) is 25.0 Å². The molecule has 0 radical (unpaired) electrons. The van der Waals surface area contributed by atoms with Gasteiger partial charge in [-0.25, -0.2) is 9.59 Å². The number of urea groups is 1. The van der Waals surface area contributed by atoms with Crippen molar-refractivity contribution in [1.29, 1.82) is 0 Å². The van der Waals surface area contributed by atoms with Gasteiger partial charge in [0.15, 0.2) is 6.61 Å². The number of carbonyl (C=O) groups is 2.